The van der Waals surface area contributed by atoms with Crippen LogP contribution in [0.5, 0.6) is 11.5 Å². The maximum atomic E-state index is 12.6. The van der Waals surface area contributed by atoms with Crippen LogP contribution in [-0.2, 0) is 11.4 Å². The minimum Gasteiger partial charge on any atom is -0.493 e. The molecular formula is C28H20BrIN2O3. The van der Waals surface area contributed by atoms with Gasteiger partial charge in [0.2, 0.25) is 0 Å². The van der Waals surface area contributed by atoms with Crippen LogP contribution in [0.3, 0.4) is 0 Å². The number of benzene rings is 4. The molecule has 0 radical (unpaired) electrons. The van der Waals surface area contributed by atoms with Crippen LogP contribution in [0.2, 0.25) is 0 Å². The lowest BCUT2D eigenvalue weighted by Gasteiger charge is -2.15. The van der Waals surface area contributed by atoms with Gasteiger partial charge in [0.25, 0.3) is 5.91 Å². The summed E-state index contributed by atoms with van der Waals surface area (Å²) in [5.41, 5.74) is 2.31. The zero-order chi connectivity index (χ0) is 24.8. The molecule has 0 aromatic heterocycles. The molecule has 5 nitrogen and oxygen atoms in total. The van der Waals surface area contributed by atoms with Crippen molar-refractivity contribution in [2.75, 3.05) is 12.4 Å². The molecule has 0 spiro atoms. The monoisotopic (exact) mass is 638 g/mol. The number of methoxy groups -OCH3 is 1. The summed E-state index contributed by atoms with van der Waals surface area (Å²) in [6.07, 6.45) is 1.54. The summed E-state index contributed by atoms with van der Waals surface area (Å²) in [5.74, 6) is 0.644. The molecule has 35 heavy (non-hydrogen) atoms. The topological polar surface area (TPSA) is 71.3 Å². The Morgan fingerprint density at radius 2 is 1.83 bits per heavy atom. The van der Waals surface area contributed by atoms with Gasteiger partial charge >= 0.3 is 0 Å². The van der Waals surface area contributed by atoms with Crippen LogP contribution in [-0.4, -0.2) is 13.0 Å². The van der Waals surface area contributed by atoms with Crippen molar-refractivity contribution in [1.82, 2.24) is 0 Å². The number of hydrogen-bond donors (Lipinski definition) is 1. The van der Waals surface area contributed by atoms with Crippen molar-refractivity contribution in [1.29, 1.82) is 5.26 Å². The minimum absolute atomic E-state index is 0.0183. The molecule has 174 valence electrons. The fourth-order valence-electron chi connectivity index (χ4n) is 3.58. The minimum atomic E-state index is -0.486. The lowest BCUT2D eigenvalue weighted by molar-refractivity contribution is -0.112. The molecule has 0 aliphatic heterocycles. The van der Waals surface area contributed by atoms with Gasteiger partial charge in [0.1, 0.15) is 18.2 Å². The van der Waals surface area contributed by atoms with Crippen LogP contribution < -0.4 is 14.8 Å². The van der Waals surface area contributed by atoms with E-state index in [-0.39, 0.29) is 5.57 Å². The van der Waals surface area contributed by atoms with E-state index >= 15 is 0 Å². The van der Waals surface area contributed by atoms with Crippen molar-refractivity contribution < 1.29 is 14.3 Å². The van der Waals surface area contributed by atoms with E-state index in [1.807, 2.05) is 48.5 Å². The molecule has 0 saturated heterocycles. The summed E-state index contributed by atoms with van der Waals surface area (Å²) in [6.45, 7) is 0.377. The molecule has 1 N–H and O–H groups in total. The molecule has 7 heteroatoms. The van der Waals surface area contributed by atoms with Gasteiger partial charge in [-0.05, 0) is 87.0 Å². The number of halogens is 2. The molecular weight excluding hydrogens is 619 g/mol. The zero-order valence-electron chi connectivity index (χ0n) is 18.7. The summed E-state index contributed by atoms with van der Waals surface area (Å²) < 4.78 is 13.5. The molecule has 0 unspecified atom stereocenters. The van der Waals surface area contributed by atoms with Crippen LogP contribution >= 0.6 is 38.5 Å². The number of amides is 1. The van der Waals surface area contributed by atoms with E-state index in [0.29, 0.717) is 29.4 Å². The maximum Gasteiger partial charge on any atom is 0.266 e. The Hall–Kier alpha value is -3.35. The van der Waals surface area contributed by atoms with Crippen molar-refractivity contribution in [3.63, 3.8) is 0 Å². The van der Waals surface area contributed by atoms with E-state index in [9.17, 15) is 10.1 Å². The fourth-order valence-corrected chi connectivity index (χ4v) is 4.62. The van der Waals surface area contributed by atoms with E-state index < -0.39 is 5.91 Å². The van der Waals surface area contributed by atoms with Gasteiger partial charge in [-0.15, -0.1) is 0 Å². The molecule has 0 heterocycles. The van der Waals surface area contributed by atoms with Gasteiger partial charge in [-0.3, -0.25) is 4.79 Å². The zero-order valence-corrected chi connectivity index (χ0v) is 22.5. The first-order chi connectivity index (χ1) is 17.0. The number of ether oxygens (including phenoxy) is 2. The number of fused-ring (bicyclic) bond motifs is 1. The van der Waals surface area contributed by atoms with Crippen molar-refractivity contribution in [2.45, 2.75) is 6.61 Å². The van der Waals surface area contributed by atoms with Crippen LogP contribution in [0.25, 0.3) is 16.8 Å². The average molecular weight is 639 g/mol. The average Bonchev–Trinajstić information content (AvgIpc) is 2.87. The van der Waals surface area contributed by atoms with Gasteiger partial charge < -0.3 is 14.8 Å². The number of anilines is 1. The van der Waals surface area contributed by atoms with Gasteiger partial charge in [-0.1, -0.05) is 58.4 Å². The second kappa shape index (κ2) is 11.4. The SMILES string of the molecule is COc1cc(/C=C(/C#N)C(=O)Nc2ccc(Br)cc2)cc(I)c1OCc1cccc2ccccc12. The Morgan fingerprint density at radius 1 is 1.09 bits per heavy atom. The second-order valence-electron chi connectivity index (χ2n) is 7.59. The highest BCUT2D eigenvalue weighted by atomic mass is 127. The summed E-state index contributed by atoms with van der Waals surface area (Å²) in [6, 6.07) is 27.0. The highest BCUT2D eigenvalue weighted by Gasteiger charge is 2.15. The number of nitrogens with zero attached hydrogens (tertiary/aromatic N) is 1. The quantitative estimate of drug-likeness (QED) is 0.131. The Morgan fingerprint density at radius 3 is 2.57 bits per heavy atom. The van der Waals surface area contributed by atoms with Crippen LogP contribution in [0.4, 0.5) is 5.69 Å². The van der Waals surface area contributed by atoms with Gasteiger partial charge in [-0.25, -0.2) is 0 Å². The van der Waals surface area contributed by atoms with Crippen molar-refractivity contribution in [3.8, 4) is 17.6 Å². The summed E-state index contributed by atoms with van der Waals surface area (Å²) in [7, 11) is 1.56. The number of hydrogen-bond acceptors (Lipinski definition) is 4. The van der Waals surface area contributed by atoms with E-state index in [1.54, 1.807) is 25.3 Å². The number of nitriles is 1. The summed E-state index contributed by atoms with van der Waals surface area (Å²) in [4.78, 5) is 12.6. The molecule has 0 saturated carbocycles. The first-order valence-corrected chi connectivity index (χ1v) is 12.5. The van der Waals surface area contributed by atoms with Crippen molar-refractivity contribution in [3.05, 3.63) is 104 Å². The van der Waals surface area contributed by atoms with E-state index in [0.717, 1.165) is 24.4 Å². The lowest BCUT2D eigenvalue weighted by Crippen LogP contribution is -2.13. The van der Waals surface area contributed by atoms with Crippen LogP contribution in [0, 0.1) is 14.9 Å². The number of rotatable bonds is 7. The largest absolute Gasteiger partial charge is 0.493 e. The Labute approximate surface area is 225 Å². The number of carbonyl (C=O) groups is 1. The Kier molecular flexibility index (Phi) is 8.06. The highest BCUT2D eigenvalue weighted by molar-refractivity contribution is 14.1. The smallest absolute Gasteiger partial charge is 0.266 e. The molecule has 0 aliphatic rings. The van der Waals surface area contributed by atoms with Gasteiger partial charge in [0.15, 0.2) is 11.5 Å². The molecule has 4 rings (SSSR count). The van der Waals surface area contributed by atoms with E-state index in [2.05, 4.69) is 62.0 Å². The van der Waals surface area contributed by atoms with Crippen molar-refractivity contribution >= 4 is 67.0 Å². The number of carbonyl (C=O) groups excluding carboxylic acids is 1. The second-order valence-corrected chi connectivity index (χ2v) is 9.67. The van der Waals surface area contributed by atoms with Gasteiger partial charge in [0, 0.05) is 10.2 Å². The molecule has 0 aliphatic carbocycles. The molecule has 4 aromatic rings. The highest BCUT2D eigenvalue weighted by Crippen LogP contribution is 2.35. The first kappa shape index (κ1) is 24.8. The maximum absolute atomic E-state index is 12.6. The van der Waals surface area contributed by atoms with Crippen LogP contribution in [0.1, 0.15) is 11.1 Å². The first-order valence-electron chi connectivity index (χ1n) is 10.6. The molecule has 1 amide bonds. The standard InChI is InChI=1S/C28H20BrIN2O3/c1-34-26-15-18(13-21(16-31)28(33)32-23-11-9-22(29)10-12-23)14-25(30)27(26)35-17-20-7-4-6-19-5-2-3-8-24(19)20/h2-15H,17H2,1H3,(H,32,33)/b21-13-. The van der Waals surface area contributed by atoms with E-state index in [1.165, 1.54) is 6.08 Å². The summed E-state index contributed by atoms with van der Waals surface area (Å²) in [5, 5.41) is 14.6. The van der Waals surface area contributed by atoms with Gasteiger partial charge in [-0.2, -0.15) is 5.26 Å². The lowest BCUT2D eigenvalue weighted by atomic mass is 10.1. The Bertz CT molecular complexity index is 1450. The normalized spacial score (nSPS) is 11.1. The third-order valence-corrected chi connectivity index (χ3v) is 6.61. The third kappa shape index (κ3) is 6.02. The van der Waals surface area contributed by atoms with E-state index in [4.69, 9.17) is 9.47 Å². The molecule has 4 aromatic carbocycles. The van der Waals surface area contributed by atoms with Crippen LogP contribution in [0.15, 0.2) is 88.9 Å². The van der Waals surface area contributed by atoms with Gasteiger partial charge in [0.05, 0.1) is 10.7 Å². The number of nitrogens with one attached hydrogen (secondary N) is 1. The Balaban J connectivity index is 1.56. The third-order valence-electron chi connectivity index (χ3n) is 5.28. The molecule has 0 atom stereocenters. The predicted octanol–water partition coefficient (Wildman–Crippen LogP) is 7.34. The van der Waals surface area contributed by atoms with Crippen molar-refractivity contribution in [2.24, 2.45) is 0 Å². The molecule has 0 bridgehead atoms. The predicted molar refractivity (Wildman–Crippen MR) is 150 cm³/mol. The fraction of sp³-hybridized carbons (Fsp3) is 0.0714. The molecule has 0 fully saturated rings. The summed E-state index contributed by atoms with van der Waals surface area (Å²) >= 11 is 5.53.